The summed E-state index contributed by atoms with van der Waals surface area (Å²) in [5, 5.41) is 4.32. The fourth-order valence-electron chi connectivity index (χ4n) is 5.88. The van der Waals surface area contributed by atoms with E-state index in [9.17, 15) is 9.59 Å². The second kappa shape index (κ2) is 8.94. The molecular formula is C29H35N3O2. The molecule has 34 heavy (non-hydrogen) atoms. The normalized spacial score (nSPS) is 20.6. The molecular weight excluding hydrogens is 422 g/mol. The van der Waals surface area contributed by atoms with E-state index in [-0.39, 0.29) is 29.2 Å². The highest BCUT2D eigenvalue weighted by Crippen LogP contribution is 2.49. The van der Waals surface area contributed by atoms with Gasteiger partial charge in [0.1, 0.15) is 5.69 Å². The fourth-order valence-corrected chi connectivity index (χ4v) is 5.88. The van der Waals surface area contributed by atoms with Crippen LogP contribution in [-0.4, -0.2) is 34.8 Å². The van der Waals surface area contributed by atoms with E-state index in [1.807, 2.05) is 17.0 Å². The Morgan fingerprint density at radius 1 is 1.00 bits per heavy atom. The number of hydrogen-bond acceptors (Lipinski definition) is 2. The minimum Gasteiger partial charge on any atom is -0.351 e. The third-order valence-corrected chi connectivity index (χ3v) is 8.13. The number of piperidine rings is 1. The van der Waals surface area contributed by atoms with Gasteiger partial charge in [-0.2, -0.15) is 0 Å². The molecule has 5 nitrogen and oxygen atoms in total. The summed E-state index contributed by atoms with van der Waals surface area (Å²) in [6, 6.07) is 16.6. The van der Waals surface area contributed by atoms with Crippen LogP contribution in [0.2, 0.25) is 0 Å². The first kappa shape index (κ1) is 22.7. The summed E-state index contributed by atoms with van der Waals surface area (Å²) in [7, 11) is 0. The molecule has 2 amide bonds. The molecule has 2 aliphatic rings. The van der Waals surface area contributed by atoms with Crippen LogP contribution in [0, 0.1) is 25.2 Å². The Kier molecular flexibility index (Phi) is 5.97. The maximum Gasteiger partial charge on any atom is 0.270 e. The minimum atomic E-state index is 0.0178. The number of likely N-dealkylation sites (tertiary alicyclic amines) is 1. The van der Waals surface area contributed by atoms with Gasteiger partial charge in [0.2, 0.25) is 5.91 Å². The summed E-state index contributed by atoms with van der Waals surface area (Å²) in [6.07, 6.45) is 4.93. The molecule has 2 N–H and O–H groups in total. The first-order valence-corrected chi connectivity index (χ1v) is 12.6. The molecule has 1 saturated heterocycles. The van der Waals surface area contributed by atoms with E-state index < -0.39 is 0 Å². The number of aromatic nitrogens is 1. The van der Waals surface area contributed by atoms with Crippen LogP contribution in [-0.2, 0) is 4.79 Å². The van der Waals surface area contributed by atoms with Gasteiger partial charge in [-0.15, -0.1) is 0 Å². The molecule has 5 rings (SSSR count). The summed E-state index contributed by atoms with van der Waals surface area (Å²) >= 11 is 0. The number of amides is 2. The SMILES string of the molecule is Cc1ccc(C(C)NC(=O)C2CCC3(CCN(C(=O)c4cc5cc(C)ccc5[nH]4)CC3)C2)cc1. The molecule has 1 saturated carbocycles. The molecule has 1 aromatic heterocycles. The van der Waals surface area contributed by atoms with E-state index in [0.717, 1.165) is 61.7 Å². The van der Waals surface area contributed by atoms with Crippen molar-refractivity contribution in [2.45, 2.75) is 58.9 Å². The highest BCUT2D eigenvalue weighted by molar-refractivity contribution is 5.98. The molecule has 1 aliphatic heterocycles. The average Bonchev–Trinajstić information content (AvgIpc) is 3.44. The lowest BCUT2D eigenvalue weighted by Gasteiger charge is -2.39. The number of carbonyl (C=O) groups excluding carboxylic acids is 2. The maximum absolute atomic E-state index is 13.1. The number of aryl methyl sites for hydroxylation is 2. The Bertz CT molecular complexity index is 1200. The molecule has 3 aromatic rings. The summed E-state index contributed by atoms with van der Waals surface area (Å²) in [6.45, 7) is 7.73. The van der Waals surface area contributed by atoms with Crippen LogP contribution in [0.5, 0.6) is 0 Å². The van der Waals surface area contributed by atoms with Crippen LogP contribution in [0.25, 0.3) is 10.9 Å². The number of nitrogens with one attached hydrogen (secondary N) is 2. The molecule has 5 heteroatoms. The Hall–Kier alpha value is -3.08. The summed E-state index contributed by atoms with van der Waals surface area (Å²) in [5.41, 5.74) is 5.44. The standard InChI is InChI=1S/C29H35N3O2/c1-19-4-7-22(8-5-19)21(3)30-27(33)23-10-11-29(18-23)12-14-32(15-13-29)28(34)26-17-24-16-20(2)6-9-25(24)31-26/h4-9,16-17,21,23,31H,10-15,18H2,1-3H3,(H,30,33). The molecule has 0 bridgehead atoms. The Morgan fingerprint density at radius 2 is 1.71 bits per heavy atom. The minimum absolute atomic E-state index is 0.0178. The van der Waals surface area contributed by atoms with Crippen molar-refractivity contribution < 1.29 is 9.59 Å². The molecule has 2 heterocycles. The van der Waals surface area contributed by atoms with E-state index in [1.165, 1.54) is 11.1 Å². The van der Waals surface area contributed by atoms with Gasteiger partial charge < -0.3 is 15.2 Å². The highest BCUT2D eigenvalue weighted by atomic mass is 16.2. The number of H-pyrrole nitrogens is 1. The van der Waals surface area contributed by atoms with Crippen molar-refractivity contribution >= 4 is 22.7 Å². The number of benzene rings is 2. The van der Waals surface area contributed by atoms with Gasteiger partial charge >= 0.3 is 0 Å². The third kappa shape index (κ3) is 4.48. The van der Waals surface area contributed by atoms with Crippen molar-refractivity contribution in [3.63, 3.8) is 0 Å². The zero-order valence-corrected chi connectivity index (χ0v) is 20.5. The fraction of sp³-hybridized carbons (Fsp3) is 0.448. The van der Waals surface area contributed by atoms with Crippen molar-refractivity contribution in [2.75, 3.05) is 13.1 Å². The smallest absolute Gasteiger partial charge is 0.270 e. The van der Waals surface area contributed by atoms with Gasteiger partial charge in [-0.1, -0.05) is 41.5 Å². The molecule has 2 unspecified atom stereocenters. The monoisotopic (exact) mass is 457 g/mol. The lowest BCUT2D eigenvalue weighted by Crippen LogP contribution is -2.43. The number of rotatable bonds is 4. The highest BCUT2D eigenvalue weighted by Gasteiger charge is 2.44. The van der Waals surface area contributed by atoms with Crippen molar-refractivity contribution in [2.24, 2.45) is 11.3 Å². The van der Waals surface area contributed by atoms with Gasteiger partial charge in [0, 0.05) is 29.9 Å². The molecule has 1 spiro atoms. The number of nitrogens with zero attached hydrogens (tertiary/aromatic N) is 1. The topological polar surface area (TPSA) is 65.2 Å². The van der Waals surface area contributed by atoms with Crippen molar-refractivity contribution in [1.29, 1.82) is 0 Å². The van der Waals surface area contributed by atoms with Crippen LogP contribution in [0.1, 0.15) is 72.2 Å². The predicted octanol–water partition coefficient (Wildman–Crippen LogP) is 5.68. The van der Waals surface area contributed by atoms with Crippen LogP contribution < -0.4 is 5.32 Å². The van der Waals surface area contributed by atoms with E-state index in [0.29, 0.717) is 5.69 Å². The van der Waals surface area contributed by atoms with Crippen LogP contribution in [0.15, 0.2) is 48.5 Å². The quantitative estimate of drug-likeness (QED) is 0.529. The van der Waals surface area contributed by atoms with Crippen LogP contribution in [0.3, 0.4) is 0 Å². The van der Waals surface area contributed by atoms with Gasteiger partial charge in [-0.3, -0.25) is 9.59 Å². The molecule has 2 fully saturated rings. The average molecular weight is 458 g/mol. The summed E-state index contributed by atoms with van der Waals surface area (Å²) in [5.74, 6) is 0.340. The lowest BCUT2D eigenvalue weighted by molar-refractivity contribution is -0.125. The molecule has 2 aromatic carbocycles. The van der Waals surface area contributed by atoms with Crippen molar-refractivity contribution in [3.8, 4) is 0 Å². The molecule has 0 radical (unpaired) electrons. The Balaban J connectivity index is 1.16. The molecule has 178 valence electrons. The number of hydrogen-bond donors (Lipinski definition) is 2. The maximum atomic E-state index is 13.1. The van der Waals surface area contributed by atoms with E-state index >= 15 is 0 Å². The van der Waals surface area contributed by atoms with Gasteiger partial charge in [-0.25, -0.2) is 0 Å². The Morgan fingerprint density at radius 3 is 2.44 bits per heavy atom. The van der Waals surface area contributed by atoms with Gasteiger partial charge in [0.25, 0.3) is 5.91 Å². The molecule has 2 atom stereocenters. The zero-order valence-electron chi connectivity index (χ0n) is 20.5. The van der Waals surface area contributed by atoms with Crippen LogP contribution in [0.4, 0.5) is 0 Å². The zero-order chi connectivity index (χ0) is 23.9. The number of fused-ring (bicyclic) bond motifs is 1. The predicted molar refractivity (Wildman–Crippen MR) is 136 cm³/mol. The number of aromatic amines is 1. The van der Waals surface area contributed by atoms with Gasteiger partial charge in [0.15, 0.2) is 0 Å². The number of carbonyl (C=O) groups is 2. The van der Waals surface area contributed by atoms with Crippen molar-refractivity contribution in [3.05, 3.63) is 70.9 Å². The van der Waals surface area contributed by atoms with Crippen LogP contribution >= 0.6 is 0 Å². The van der Waals surface area contributed by atoms with E-state index in [4.69, 9.17) is 0 Å². The second-order valence-electron chi connectivity index (χ2n) is 10.6. The van der Waals surface area contributed by atoms with E-state index in [2.05, 4.69) is 67.5 Å². The largest absolute Gasteiger partial charge is 0.351 e. The molecule has 1 aliphatic carbocycles. The van der Waals surface area contributed by atoms with Gasteiger partial charge in [0.05, 0.1) is 6.04 Å². The van der Waals surface area contributed by atoms with Gasteiger partial charge in [-0.05, 0) is 82.1 Å². The van der Waals surface area contributed by atoms with Crippen molar-refractivity contribution in [1.82, 2.24) is 15.2 Å². The third-order valence-electron chi connectivity index (χ3n) is 8.13. The Labute approximate surface area is 201 Å². The second-order valence-corrected chi connectivity index (χ2v) is 10.6. The summed E-state index contributed by atoms with van der Waals surface area (Å²) < 4.78 is 0. The first-order chi connectivity index (χ1) is 16.3. The van der Waals surface area contributed by atoms with E-state index in [1.54, 1.807) is 0 Å². The lowest BCUT2D eigenvalue weighted by atomic mass is 9.76. The first-order valence-electron chi connectivity index (χ1n) is 12.6. The summed E-state index contributed by atoms with van der Waals surface area (Å²) in [4.78, 5) is 31.4.